The van der Waals surface area contributed by atoms with Crippen LogP contribution in [-0.4, -0.2) is 128 Å². The van der Waals surface area contributed by atoms with Crippen LogP contribution in [0.25, 0.3) is 30.6 Å². The lowest BCUT2D eigenvalue weighted by Crippen LogP contribution is -2.41. The first kappa shape index (κ1) is 56.1. The van der Waals surface area contributed by atoms with Crippen molar-refractivity contribution in [2.24, 2.45) is 15.0 Å². The lowest BCUT2D eigenvalue weighted by atomic mass is 9.84. The number of anilines is 6. The number of ether oxygens (including phenoxy) is 6. The number of aromatic nitrogens is 6. The number of hydrogen-bond acceptors (Lipinski definition) is 21. The number of thiophene rings is 3. The van der Waals surface area contributed by atoms with Crippen molar-refractivity contribution in [1.82, 2.24) is 29.9 Å². The van der Waals surface area contributed by atoms with Crippen LogP contribution in [0.15, 0.2) is 88.6 Å². The summed E-state index contributed by atoms with van der Waals surface area (Å²) >= 11 is 5.22. The zero-order chi connectivity index (χ0) is 57.4. The molecular weight excluding hydrogens is 1120 g/mol. The van der Waals surface area contributed by atoms with E-state index >= 15 is 0 Å². The zero-order valence-electron chi connectivity index (χ0n) is 48.0. The molecule has 0 saturated carbocycles. The van der Waals surface area contributed by atoms with Crippen molar-refractivity contribution in [2.75, 3.05) is 78.4 Å². The van der Waals surface area contributed by atoms with Crippen LogP contribution in [0.2, 0.25) is 0 Å². The standard InChI is InChI=1S/3C21H22N4O2S/c3*1-26-11-21(27-2)6-5-16-17(8-21)28-20-18(16)19(23-12-24-20)25-15-4-3-13-9-22-10-14(13)7-15/h3*3-4,7,10,12H,5-6,8-9,11H2,1-2H3,(H,23,24,25)/t2*21-;/m10./s1. The summed E-state index contributed by atoms with van der Waals surface area (Å²) in [6, 6.07) is 19.1. The number of benzene rings is 3. The fourth-order valence-electron chi connectivity index (χ4n) is 12.6. The molecule has 0 saturated heterocycles. The van der Waals surface area contributed by atoms with E-state index in [1.165, 1.54) is 64.7 Å². The molecule has 21 heteroatoms. The van der Waals surface area contributed by atoms with Crippen LogP contribution < -0.4 is 16.0 Å². The van der Waals surface area contributed by atoms with Gasteiger partial charge >= 0.3 is 0 Å². The Bertz CT molecular complexity index is 3640. The summed E-state index contributed by atoms with van der Waals surface area (Å²) in [7, 11) is 10.5. The van der Waals surface area contributed by atoms with E-state index in [9.17, 15) is 0 Å². The highest BCUT2D eigenvalue weighted by Crippen LogP contribution is 2.46. The molecule has 1 unspecified atom stereocenters. The molecule has 3 aliphatic carbocycles. The minimum Gasteiger partial charge on any atom is -0.382 e. The predicted octanol–water partition coefficient (Wildman–Crippen LogP) is 11.7. The van der Waals surface area contributed by atoms with Crippen LogP contribution in [0.1, 0.15) is 84.0 Å². The highest BCUT2D eigenvalue weighted by molar-refractivity contribution is 7.19. The molecule has 3 atom stereocenters. The molecule has 15 rings (SSSR count). The third-order valence-electron chi connectivity index (χ3n) is 17.2. The smallest absolute Gasteiger partial charge is 0.142 e. The number of hydrogen-bond donors (Lipinski definition) is 3. The topological polar surface area (TPSA) is 206 Å². The van der Waals surface area contributed by atoms with Crippen molar-refractivity contribution >= 4 is 118 Å². The van der Waals surface area contributed by atoms with Crippen LogP contribution in [0, 0.1) is 0 Å². The van der Waals surface area contributed by atoms with Gasteiger partial charge in [-0.2, -0.15) is 0 Å². The second kappa shape index (κ2) is 23.8. The number of methoxy groups -OCH3 is 6. The number of nitrogens with one attached hydrogen (secondary N) is 3. The lowest BCUT2D eigenvalue weighted by molar-refractivity contribution is -0.0715. The van der Waals surface area contributed by atoms with Gasteiger partial charge in [0.15, 0.2) is 0 Å². The average molecular weight is 1180 g/mol. The predicted molar refractivity (Wildman–Crippen MR) is 336 cm³/mol. The molecular formula is C63H66N12O6S3. The van der Waals surface area contributed by atoms with Crippen LogP contribution in [0.3, 0.4) is 0 Å². The third kappa shape index (κ3) is 10.9. The molecule has 6 aromatic heterocycles. The molecule has 432 valence electrons. The van der Waals surface area contributed by atoms with Gasteiger partial charge in [-0.3, -0.25) is 15.0 Å². The third-order valence-corrected chi connectivity index (χ3v) is 20.6. The molecule has 0 bridgehead atoms. The van der Waals surface area contributed by atoms with Gasteiger partial charge in [-0.1, -0.05) is 18.2 Å². The molecule has 3 aliphatic heterocycles. The second-order valence-electron chi connectivity index (χ2n) is 22.2. The molecule has 84 heavy (non-hydrogen) atoms. The van der Waals surface area contributed by atoms with E-state index in [0.29, 0.717) is 19.8 Å². The van der Waals surface area contributed by atoms with Gasteiger partial charge in [-0.25, -0.2) is 29.9 Å². The van der Waals surface area contributed by atoms with Gasteiger partial charge in [0.25, 0.3) is 0 Å². The van der Waals surface area contributed by atoms with Gasteiger partial charge in [0.05, 0.1) is 72.4 Å². The SMILES string of the molecule is COCC1(OC)CCc2c(sc3ncnc(Nc4ccc5c(c4)C=NC5)c23)C1.COC[C@@]1(OC)CCc2c(sc3ncnc(Nc4ccc5c(c4)C=NC5)c23)C1.COC[C@]1(OC)CCc2c(sc3ncnc(Nc4ccc5c(c4)C=NC5)c23)C1. The van der Waals surface area contributed by atoms with Gasteiger partial charge in [-0.05, 0) is 125 Å². The Morgan fingerprint density at radius 2 is 0.726 bits per heavy atom. The van der Waals surface area contributed by atoms with Crippen molar-refractivity contribution in [1.29, 1.82) is 0 Å². The van der Waals surface area contributed by atoms with Gasteiger partial charge < -0.3 is 44.4 Å². The highest BCUT2D eigenvalue weighted by atomic mass is 32.1. The number of aryl methyl sites for hydroxylation is 3. The van der Waals surface area contributed by atoms with Gasteiger partial charge in [0.1, 0.15) is 50.9 Å². The van der Waals surface area contributed by atoms with E-state index in [2.05, 4.69) is 115 Å². The van der Waals surface area contributed by atoms with Crippen molar-refractivity contribution in [3.05, 3.63) is 138 Å². The fourth-order valence-corrected chi connectivity index (χ4v) is 16.6. The van der Waals surface area contributed by atoms with E-state index < -0.39 is 0 Å². The van der Waals surface area contributed by atoms with Crippen molar-refractivity contribution in [2.45, 2.75) is 94.2 Å². The van der Waals surface area contributed by atoms with E-state index in [1.54, 1.807) is 95.7 Å². The van der Waals surface area contributed by atoms with Gasteiger partial charge in [-0.15, -0.1) is 34.0 Å². The van der Waals surface area contributed by atoms with Crippen molar-refractivity contribution in [3.8, 4) is 0 Å². The summed E-state index contributed by atoms with van der Waals surface area (Å²) in [5.41, 5.74) is 13.7. The zero-order valence-corrected chi connectivity index (χ0v) is 50.4. The summed E-state index contributed by atoms with van der Waals surface area (Å²) in [6.45, 7) is 4.12. The average Bonchev–Trinajstić information content (AvgIpc) is 3.41. The number of fused-ring (bicyclic) bond motifs is 12. The first-order valence-electron chi connectivity index (χ1n) is 28.2. The van der Waals surface area contributed by atoms with Gasteiger partial charge in [0, 0.05) is 112 Å². The maximum absolute atomic E-state index is 5.86. The quantitative estimate of drug-likeness (QED) is 0.0873. The van der Waals surface area contributed by atoms with Crippen LogP contribution >= 0.6 is 34.0 Å². The van der Waals surface area contributed by atoms with Crippen LogP contribution in [0.5, 0.6) is 0 Å². The Morgan fingerprint density at radius 3 is 1.01 bits per heavy atom. The van der Waals surface area contributed by atoms with Crippen molar-refractivity contribution < 1.29 is 28.4 Å². The summed E-state index contributed by atoms with van der Waals surface area (Å²) in [4.78, 5) is 47.4. The molecule has 0 fully saturated rings. The number of aliphatic imine (C=N–C) groups is 3. The largest absolute Gasteiger partial charge is 0.382 e. The van der Waals surface area contributed by atoms with E-state index in [1.807, 2.05) is 18.6 Å². The minimum absolute atomic E-state index is 0.247. The molecule has 3 aromatic carbocycles. The summed E-state index contributed by atoms with van der Waals surface area (Å²) in [5.74, 6) is 2.61. The minimum atomic E-state index is -0.247. The first-order valence-corrected chi connectivity index (χ1v) is 30.7. The Kier molecular flexibility index (Phi) is 15.9. The molecule has 0 radical (unpaired) electrons. The summed E-state index contributed by atoms with van der Waals surface area (Å²) in [5, 5.41) is 13.9. The van der Waals surface area contributed by atoms with Crippen LogP contribution in [-0.2, 0) is 86.6 Å². The fraction of sp³-hybridized carbons (Fsp3) is 0.381. The normalized spacial score (nSPS) is 20.4. The molecule has 3 N–H and O–H groups in total. The van der Waals surface area contributed by atoms with E-state index in [0.717, 1.165) is 143 Å². The maximum Gasteiger partial charge on any atom is 0.142 e. The van der Waals surface area contributed by atoms with Crippen molar-refractivity contribution in [3.63, 3.8) is 0 Å². The first-order chi connectivity index (χ1) is 41.1. The monoisotopic (exact) mass is 1180 g/mol. The Labute approximate surface area is 499 Å². The number of rotatable bonds is 15. The van der Waals surface area contributed by atoms with E-state index in [-0.39, 0.29) is 16.8 Å². The lowest BCUT2D eigenvalue weighted by Gasteiger charge is -2.35. The maximum atomic E-state index is 5.86. The molecule has 9 aromatic rings. The Balaban J connectivity index is 0.000000118. The summed E-state index contributed by atoms with van der Waals surface area (Å²) in [6.07, 6.45) is 18.9. The molecule has 6 aliphatic rings. The Morgan fingerprint density at radius 1 is 0.417 bits per heavy atom. The highest BCUT2D eigenvalue weighted by Gasteiger charge is 2.40. The molecule has 18 nitrogen and oxygen atoms in total. The number of nitrogens with zero attached hydrogens (tertiary/aromatic N) is 9. The molecule has 0 amide bonds. The van der Waals surface area contributed by atoms with Crippen LogP contribution in [0.4, 0.5) is 34.5 Å². The molecule has 0 spiro atoms. The Hall–Kier alpha value is -7.05. The van der Waals surface area contributed by atoms with Gasteiger partial charge in [0.2, 0.25) is 0 Å². The second-order valence-corrected chi connectivity index (χ2v) is 25.5. The summed E-state index contributed by atoms with van der Waals surface area (Å²) < 4.78 is 33.9. The molecule has 9 heterocycles. The van der Waals surface area contributed by atoms with E-state index in [4.69, 9.17) is 28.4 Å².